The van der Waals surface area contributed by atoms with Crippen LogP contribution in [-0.4, -0.2) is 93.0 Å². The van der Waals surface area contributed by atoms with Gasteiger partial charge >= 0.3 is 11.9 Å². The molecule has 12 nitrogen and oxygen atoms in total. The second-order valence-corrected chi connectivity index (χ2v) is 7.71. The van der Waals surface area contributed by atoms with Gasteiger partial charge in [0, 0.05) is 5.75 Å². The van der Waals surface area contributed by atoms with Gasteiger partial charge in [0.1, 0.15) is 18.1 Å². The number of carbonyl (C=O) groups is 5. The van der Waals surface area contributed by atoms with Crippen molar-refractivity contribution in [2.75, 3.05) is 17.8 Å². The summed E-state index contributed by atoms with van der Waals surface area (Å²) in [6.07, 6.45) is -0.125. The molecular weight excluding hydrogens is 440 g/mol. The molecule has 14 heteroatoms. The molecule has 0 rings (SSSR count). The fraction of sp³-hybridized carbons (Fsp3) is 0.688. The quantitative estimate of drug-likeness (QED) is 0.125. The van der Waals surface area contributed by atoms with Crippen LogP contribution < -0.4 is 21.7 Å². The van der Waals surface area contributed by atoms with Crippen LogP contribution in [0.2, 0.25) is 0 Å². The minimum absolute atomic E-state index is 0.138. The third kappa shape index (κ3) is 10.1. The van der Waals surface area contributed by atoms with Crippen molar-refractivity contribution in [1.82, 2.24) is 16.0 Å². The van der Waals surface area contributed by atoms with Crippen molar-refractivity contribution in [3.05, 3.63) is 0 Å². The number of amides is 3. The minimum atomic E-state index is -1.50. The van der Waals surface area contributed by atoms with Gasteiger partial charge in [-0.2, -0.15) is 24.4 Å². The third-order valence-electron chi connectivity index (χ3n) is 3.83. The Bertz CT molecular complexity index is 634. The van der Waals surface area contributed by atoms with E-state index in [1.54, 1.807) is 6.26 Å². The highest BCUT2D eigenvalue weighted by atomic mass is 32.2. The molecule has 0 aliphatic rings. The Morgan fingerprint density at radius 2 is 1.57 bits per heavy atom. The Morgan fingerprint density at radius 1 is 1.00 bits per heavy atom. The predicted molar refractivity (Wildman–Crippen MR) is 112 cm³/mol. The van der Waals surface area contributed by atoms with Gasteiger partial charge in [0.25, 0.3) is 0 Å². The topological polar surface area (TPSA) is 208 Å². The van der Waals surface area contributed by atoms with Crippen LogP contribution in [0.3, 0.4) is 0 Å². The number of hydrogen-bond acceptors (Lipinski definition) is 9. The lowest BCUT2D eigenvalue weighted by Gasteiger charge is -2.26. The number of thiol groups is 1. The first-order chi connectivity index (χ1) is 13.9. The first-order valence-electron chi connectivity index (χ1n) is 8.83. The molecule has 8 N–H and O–H groups in total. The first-order valence-corrected chi connectivity index (χ1v) is 10.9. The molecule has 0 spiro atoms. The van der Waals surface area contributed by atoms with Crippen LogP contribution in [0.4, 0.5) is 0 Å². The number of carbonyl (C=O) groups excluding carboxylic acids is 3. The Labute approximate surface area is 183 Å². The van der Waals surface area contributed by atoms with Crippen molar-refractivity contribution >= 4 is 54.1 Å². The summed E-state index contributed by atoms with van der Waals surface area (Å²) in [6.45, 7) is 1.22. The number of hydrogen-bond donors (Lipinski definition) is 8. The zero-order valence-electron chi connectivity index (χ0n) is 16.5. The van der Waals surface area contributed by atoms with E-state index in [4.69, 9.17) is 10.8 Å². The standard InChI is InChI=1S/C16H28N4O8S2/c1-7(21)12(15(26)18-9(16(27)28)3-4-30-2)20-14(25)10(6-29)19-13(24)8(17)5-11(22)23/h7-10,12,21,29H,3-6,17H2,1-2H3,(H,18,26)(H,19,24)(H,20,25)(H,22,23)(H,27,28). The number of carboxylic acid groups (broad SMARTS) is 2. The molecule has 5 atom stereocenters. The summed E-state index contributed by atoms with van der Waals surface area (Å²) in [5.41, 5.74) is 5.43. The van der Waals surface area contributed by atoms with Crippen molar-refractivity contribution in [2.45, 2.75) is 50.0 Å². The molecule has 0 fully saturated rings. The smallest absolute Gasteiger partial charge is 0.326 e. The fourth-order valence-corrected chi connectivity index (χ4v) is 2.90. The van der Waals surface area contributed by atoms with E-state index < -0.39 is 66.4 Å². The van der Waals surface area contributed by atoms with Crippen molar-refractivity contribution in [3.63, 3.8) is 0 Å². The maximum absolute atomic E-state index is 12.4. The molecular formula is C16H28N4O8S2. The molecule has 0 aromatic carbocycles. The lowest BCUT2D eigenvalue weighted by atomic mass is 10.1. The Balaban J connectivity index is 5.14. The molecule has 30 heavy (non-hydrogen) atoms. The number of aliphatic hydroxyl groups excluding tert-OH is 1. The van der Waals surface area contributed by atoms with Gasteiger partial charge in [0.05, 0.1) is 18.6 Å². The van der Waals surface area contributed by atoms with E-state index in [1.807, 2.05) is 0 Å². The predicted octanol–water partition coefficient (Wildman–Crippen LogP) is -2.61. The molecule has 3 amide bonds. The highest BCUT2D eigenvalue weighted by Crippen LogP contribution is 2.04. The Morgan fingerprint density at radius 3 is 2.00 bits per heavy atom. The van der Waals surface area contributed by atoms with Crippen LogP contribution in [0.1, 0.15) is 19.8 Å². The molecule has 0 aliphatic carbocycles. The summed E-state index contributed by atoms with van der Waals surface area (Å²) < 4.78 is 0. The zero-order chi connectivity index (χ0) is 23.4. The van der Waals surface area contributed by atoms with E-state index in [0.717, 1.165) is 0 Å². The van der Waals surface area contributed by atoms with Gasteiger partial charge in [0.2, 0.25) is 17.7 Å². The van der Waals surface area contributed by atoms with E-state index in [0.29, 0.717) is 5.75 Å². The van der Waals surface area contributed by atoms with E-state index in [1.165, 1.54) is 18.7 Å². The number of nitrogens with one attached hydrogen (secondary N) is 3. The number of aliphatic hydroxyl groups is 1. The van der Waals surface area contributed by atoms with Gasteiger partial charge in [-0.3, -0.25) is 19.2 Å². The molecule has 172 valence electrons. The summed E-state index contributed by atoms with van der Waals surface area (Å²) in [7, 11) is 0. The molecule has 0 bridgehead atoms. The molecule has 5 unspecified atom stereocenters. The number of rotatable bonds is 14. The number of thioether (sulfide) groups is 1. The number of carboxylic acids is 2. The zero-order valence-corrected chi connectivity index (χ0v) is 18.2. The second-order valence-electron chi connectivity index (χ2n) is 6.36. The Kier molecular flexibility index (Phi) is 13.1. The molecule has 0 saturated heterocycles. The molecule has 0 radical (unpaired) electrons. The van der Waals surface area contributed by atoms with E-state index in [2.05, 4.69) is 28.6 Å². The summed E-state index contributed by atoms with van der Waals surface area (Å²) in [5.74, 6) is -5.03. The lowest BCUT2D eigenvalue weighted by molar-refractivity contribution is -0.143. The summed E-state index contributed by atoms with van der Waals surface area (Å²) in [5, 5.41) is 34.4. The van der Waals surface area contributed by atoms with Crippen LogP contribution in [0.5, 0.6) is 0 Å². The van der Waals surface area contributed by atoms with Crippen molar-refractivity contribution in [3.8, 4) is 0 Å². The van der Waals surface area contributed by atoms with E-state index >= 15 is 0 Å². The van der Waals surface area contributed by atoms with Crippen molar-refractivity contribution < 1.29 is 39.3 Å². The maximum Gasteiger partial charge on any atom is 0.326 e. The van der Waals surface area contributed by atoms with Gasteiger partial charge in [-0.15, -0.1) is 0 Å². The summed E-state index contributed by atoms with van der Waals surface area (Å²) in [6, 6.07) is -5.39. The molecule has 0 aromatic heterocycles. The van der Waals surface area contributed by atoms with Gasteiger partial charge < -0.3 is 37.0 Å². The molecule has 0 aromatic rings. The average Bonchev–Trinajstić information content (AvgIpc) is 2.65. The van der Waals surface area contributed by atoms with E-state index in [-0.39, 0.29) is 12.2 Å². The highest BCUT2D eigenvalue weighted by Gasteiger charge is 2.32. The van der Waals surface area contributed by atoms with Crippen molar-refractivity contribution in [2.24, 2.45) is 5.73 Å². The maximum atomic E-state index is 12.4. The van der Waals surface area contributed by atoms with Crippen LogP contribution in [-0.2, 0) is 24.0 Å². The normalized spacial score (nSPS) is 15.8. The second kappa shape index (κ2) is 14.1. The minimum Gasteiger partial charge on any atom is -0.481 e. The van der Waals surface area contributed by atoms with Crippen LogP contribution >= 0.6 is 24.4 Å². The van der Waals surface area contributed by atoms with E-state index in [9.17, 15) is 34.2 Å². The number of aliphatic carboxylic acids is 2. The molecule has 0 saturated carbocycles. The molecule has 0 aliphatic heterocycles. The van der Waals surface area contributed by atoms with Crippen molar-refractivity contribution in [1.29, 1.82) is 0 Å². The van der Waals surface area contributed by atoms with Gasteiger partial charge in [-0.25, -0.2) is 4.79 Å². The third-order valence-corrected chi connectivity index (χ3v) is 4.84. The number of nitrogens with two attached hydrogens (primary N) is 1. The largest absolute Gasteiger partial charge is 0.481 e. The molecule has 0 heterocycles. The van der Waals surface area contributed by atoms with Crippen LogP contribution in [0, 0.1) is 0 Å². The summed E-state index contributed by atoms with van der Waals surface area (Å²) in [4.78, 5) is 58.7. The monoisotopic (exact) mass is 468 g/mol. The van der Waals surface area contributed by atoms with Gasteiger partial charge in [-0.1, -0.05) is 0 Å². The first kappa shape index (κ1) is 28.0. The summed E-state index contributed by atoms with van der Waals surface area (Å²) >= 11 is 5.33. The fourth-order valence-electron chi connectivity index (χ4n) is 2.17. The SMILES string of the molecule is CSCCC(NC(=O)C(NC(=O)C(CS)NC(=O)C(N)CC(=O)O)C(C)O)C(=O)O. The Hall–Kier alpha value is -2.03. The van der Waals surface area contributed by atoms with Gasteiger partial charge in [0.15, 0.2) is 0 Å². The average molecular weight is 469 g/mol. The van der Waals surface area contributed by atoms with Gasteiger partial charge in [-0.05, 0) is 25.4 Å². The van der Waals surface area contributed by atoms with Crippen LogP contribution in [0.15, 0.2) is 0 Å². The van der Waals surface area contributed by atoms with Crippen LogP contribution in [0.25, 0.3) is 0 Å². The lowest BCUT2D eigenvalue weighted by Crippen LogP contribution is -2.60. The highest BCUT2D eigenvalue weighted by molar-refractivity contribution is 7.98.